The number of phenols is 1. The van der Waals surface area contributed by atoms with E-state index >= 15 is 0 Å². The lowest BCUT2D eigenvalue weighted by Crippen LogP contribution is -2.00. The van der Waals surface area contributed by atoms with Crippen LogP contribution in [-0.2, 0) is 0 Å². The third kappa shape index (κ3) is 2.70. The summed E-state index contributed by atoms with van der Waals surface area (Å²) in [5, 5.41) is 13.1. The third-order valence-corrected chi connectivity index (χ3v) is 4.27. The summed E-state index contributed by atoms with van der Waals surface area (Å²) in [4.78, 5) is 9.03. The van der Waals surface area contributed by atoms with E-state index in [1.54, 1.807) is 18.3 Å². The van der Waals surface area contributed by atoms with Crippen LogP contribution in [0.4, 0.5) is 11.5 Å². The van der Waals surface area contributed by atoms with Crippen LogP contribution in [0.1, 0.15) is 11.1 Å². The van der Waals surface area contributed by atoms with Gasteiger partial charge in [-0.15, -0.1) is 0 Å². The van der Waals surface area contributed by atoms with Gasteiger partial charge >= 0.3 is 0 Å². The van der Waals surface area contributed by atoms with Crippen LogP contribution in [-0.4, -0.2) is 19.5 Å². The number of aromatic nitrogens is 3. The van der Waals surface area contributed by atoms with Crippen molar-refractivity contribution in [1.82, 2.24) is 14.4 Å². The van der Waals surface area contributed by atoms with E-state index in [4.69, 9.17) is 0 Å². The molecule has 0 fully saturated rings. The van der Waals surface area contributed by atoms with Crippen molar-refractivity contribution in [2.75, 3.05) is 5.32 Å². The topological polar surface area (TPSA) is 62.5 Å². The summed E-state index contributed by atoms with van der Waals surface area (Å²) in [7, 11) is 0. The number of benzene rings is 2. The minimum Gasteiger partial charge on any atom is -0.508 e. The molecule has 5 nitrogen and oxygen atoms in total. The Bertz CT molecular complexity index is 1030. The van der Waals surface area contributed by atoms with Gasteiger partial charge in [-0.3, -0.25) is 4.40 Å². The van der Waals surface area contributed by atoms with E-state index in [-0.39, 0.29) is 5.75 Å². The average molecular weight is 330 g/mol. The minimum absolute atomic E-state index is 0.231. The van der Waals surface area contributed by atoms with E-state index < -0.39 is 0 Å². The van der Waals surface area contributed by atoms with Crippen LogP contribution in [0.3, 0.4) is 0 Å². The Morgan fingerprint density at radius 1 is 0.960 bits per heavy atom. The Morgan fingerprint density at radius 3 is 2.40 bits per heavy atom. The van der Waals surface area contributed by atoms with Crippen LogP contribution in [0.2, 0.25) is 0 Å². The van der Waals surface area contributed by atoms with Crippen LogP contribution >= 0.6 is 0 Å². The van der Waals surface area contributed by atoms with Crippen molar-refractivity contribution in [3.05, 3.63) is 72.1 Å². The van der Waals surface area contributed by atoms with Crippen LogP contribution in [0, 0.1) is 13.8 Å². The molecule has 2 heterocycles. The van der Waals surface area contributed by atoms with E-state index in [2.05, 4.69) is 41.3 Å². The molecule has 2 N–H and O–H groups in total. The SMILES string of the molecule is Cc1cccc(C)c1Nc1c(-c2ccc(O)cc2)nc2ncccn12. The molecule has 0 amide bonds. The van der Waals surface area contributed by atoms with Gasteiger partial charge in [-0.1, -0.05) is 18.2 Å². The lowest BCUT2D eigenvalue weighted by atomic mass is 10.1. The number of nitrogens with one attached hydrogen (secondary N) is 1. The zero-order valence-electron chi connectivity index (χ0n) is 14.1. The molecule has 2 aromatic heterocycles. The van der Waals surface area contributed by atoms with Gasteiger partial charge in [-0.05, 0) is 55.3 Å². The van der Waals surface area contributed by atoms with E-state index in [0.29, 0.717) is 5.78 Å². The molecule has 0 aliphatic carbocycles. The number of rotatable bonds is 3. The second kappa shape index (κ2) is 5.94. The molecule has 0 atom stereocenters. The number of nitrogens with zero attached hydrogens (tertiary/aromatic N) is 3. The molecule has 0 bridgehead atoms. The van der Waals surface area contributed by atoms with E-state index in [1.165, 1.54) is 0 Å². The predicted molar refractivity (Wildman–Crippen MR) is 99.3 cm³/mol. The number of anilines is 2. The molecule has 4 rings (SSSR count). The van der Waals surface area contributed by atoms with Gasteiger partial charge in [0.1, 0.15) is 17.3 Å². The molecule has 0 saturated carbocycles. The fraction of sp³-hybridized carbons (Fsp3) is 0.100. The molecule has 124 valence electrons. The fourth-order valence-corrected chi connectivity index (χ4v) is 2.96. The molecule has 5 heteroatoms. The van der Waals surface area contributed by atoms with Gasteiger partial charge in [0.05, 0.1) is 0 Å². The van der Waals surface area contributed by atoms with Crippen molar-refractivity contribution in [3.8, 4) is 17.0 Å². The number of hydrogen-bond acceptors (Lipinski definition) is 4. The largest absolute Gasteiger partial charge is 0.508 e. The summed E-state index contributed by atoms with van der Waals surface area (Å²) < 4.78 is 1.94. The van der Waals surface area contributed by atoms with Crippen LogP contribution in [0.5, 0.6) is 5.75 Å². The number of aromatic hydroxyl groups is 1. The highest BCUT2D eigenvalue weighted by atomic mass is 16.3. The van der Waals surface area contributed by atoms with Crippen molar-refractivity contribution in [2.24, 2.45) is 0 Å². The van der Waals surface area contributed by atoms with Crippen LogP contribution in [0.15, 0.2) is 60.9 Å². The second-order valence-electron chi connectivity index (χ2n) is 6.04. The van der Waals surface area contributed by atoms with Gasteiger partial charge in [0.2, 0.25) is 5.78 Å². The summed E-state index contributed by atoms with van der Waals surface area (Å²) in [6, 6.07) is 15.1. The zero-order chi connectivity index (χ0) is 17.4. The Morgan fingerprint density at radius 2 is 1.68 bits per heavy atom. The monoisotopic (exact) mass is 330 g/mol. The molecular formula is C20H18N4O. The molecule has 0 unspecified atom stereocenters. The first kappa shape index (κ1) is 15.2. The summed E-state index contributed by atoms with van der Waals surface area (Å²) in [6.45, 7) is 4.16. The number of hydrogen-bond donors (Lipinski definition) is 2. The highest BCUT2D eigenvalue weighted by molar-refractivity contribution is 5.80. The Hall–Kier alpha value is -3.34. The van der Waals surface area contributed by atoms with Gasteiger partial charge in [0.15, 0.2) is 0 Å². The van der Waals surface area contributed by atoms with Gasteiger partial charge in [0, 0.05) is 23.6 Å². The molecule has 4 aromatic rings. The smallest absolute Gasteiger partial charge is 0.235 e. The van der Waals surface area contributed by atoms with Gasteiger partial charge in [-0.25, -0.2) is 9.97 Å². The summed E-state index contributed by atoms with van der Waals surface area (Å²) >= 11 is 0. The highest BCUT2D eigenvalue weighted by Gasteiger charge is 2.16. The standard InChI is InChI=1S/C20H18N4O/c1-13-5-3-6-14(2)17(13)22-19-18(15-7-9-16(25)10-8-15)23-20-21-11-4-12-24(19)20/h3-12,22,25H,1-2H3. The van der Waals surface area contributed by atoms with Gasteiger partial charge in [0.25, 0.3) is 0 Å². The maximum atomic E-state index is 9.57. The zero-order valence-corrected chi connectivity index (χ0v) is 14.1. The molecule has 0 aliphatic rings. The maximum Gasteiger partial charge on any atom is 0.235 e. The Kier molecular flexibility index (Phi) is 3.61. The second-order valence-corrected chi connectivity index (χ2v) is 6.04. The summed E-state index contributed by atoms with van der Waals surface area (Å²) in [6.07, 6.45) is 3.67. The first-order valence-corrected chi connectivity index (χ1v) is 8.09. The highest BCUT2D eigenvalue weighted by Crippen LogP contribution is 2.33. The van der Waals surface area contributed by atoms with Crippen LogP contribution in [0.25, 0.3) is 17.0 Å². The first-order valence-electron chi connectivity index (χ1n) is 8.09. The number of aryl methyl sites for hydroxylation is 2. The van der Waals surface area contributed by atoms with Gasteiger partial charge in [-0.2, -0.15) is 0 Å². The third-order valence-electron chi connectivity index (χ3n) is 4.27. The Balaban J connectivity index is 1.92. The number of para-hydroxylation sites is 1. The molecule has 0 saturated heterocycles. The molecule has 0 spiro atoms. The predicted octanol–water partition coefficient (Wildman–Crippen LogP) is 4.46. The number of imidazole rings is 1. The number of phenolic OH excluding ortho intramolecular Hbond substituents is 1. The normalized spacial score (nSPS) is 11.0. The molecule has 0 aliphatic heterocycles. The Labute approximate surface area is 145 Å². The molecule has 25 heavy (non-hydrogen) atoms. The summed E-state index contributed by atoms with van der Waals surface area (Å²) in [5.41, 5.74) is 5.09. The van der Waals surface area contributed by atoms with Crippen molar-refractivity contribution in [2.45, 2.75) is 13.8 Å². The van der Waals surface area contributed by atoms with Crippen molar-refractivity contribution >= 4 is 17.3 Å². The molecule has 2 aromatic carbocycles. The quantitative estimate of drug-likeness (QED) is 0.582. The molecular weight excluding hydrogens is 312 g/mol. The van der Waals surface area contributed by atoms with E-state index in [9.17, 15) is 5.11 Å². The summed E-state index contributed by atoms with van der Waals surface area (Å²) in [5.74, 6) is 1.71. The lowest BCUT2D eigenvalue weighted by molar-refractivity contribution is 0.475. The molecule has 0 radical (unpaired) electrons. The van der Waals surface area contributed by atoms with Crippen molar-refractivity contribution in [3.63, 3.8) is 0 Å². The van der Waals surface area contributed by atoms with Crippen molar-refractivity contribution in [1.29, 1.82) is 0 Å². The van der Waals surface area contributed by atoms with Gasteiger partial charge < -0.3 is 10.4 Å². The van der Waals surface area contributed by atoms with Crippen LogP contribution < -0.4 is 5.32 Å². The minimum atomic E-state index is 0.231. The van der Waals surface area contributed by atoms with E-state index in [1.807, 2.05) is 34.9 Å². The fourth-order valence-electron chi connectivity index (χ4n) is 2.96. The average Bonchev–Trinajstić information content (AvgIpc) is 2.97. The lowest BCUT2D eigenvalue weighted by Gasteiger charge is -2.13. The first-order chi connectivity index (χ1) is 12.1. The maximum absolute atomic E-state index is 9.57. The number of fused-ring (bicyclic) bond motifs is 1. The van der Waals surface area contributed by atoms with E-state index in [0.717, 1.165) is 33.9 Å². The van der Waals surface area contributed by atoms with Crippen molar-refractivity contribution < 1.29 is 5.11 Å².